The minimum Gasteiger partial charge on any atom is -0.481 e. The van der Waals surface area contributed by atoms with Crippen molar-refractivity contribution in [2.24, 2.45) is 11.8 Å². The summed E-state index contributed by atoms with van der Waals surface area (Å²) in [5, 5.41) is 11.7. The van der Waals surface area contributed by atoms with E-state index in [1.54, 1.807) is 7.11 Å². The van der Waals surface area contributed by atoms with Crippen molar-refractivity contribution in [3.05, 3.63) is 0 Å². The van der Waals surface area contributed by atoms with E-state index in [9.17, 15) is 9.59 Å². The molecule has 2 N–H and O–H groups in total. The van der Waals surface area contributed by atoms with Crippen LogP contribution < -0.4 is 5.32 Å². The van der Waals surface area contributed by atoms with Gasteiger partial charge in [0.2, 0.25) is 5.91 Å². The lowest BCUT2D eigenvalue weighted by Gasteiger charge is -2.39. The summed E-state index contributed by atoms with van der Waals surface area (Å²) in [5.74, 6) is 0.0497. The molecule has 0 radical (unpaired) electrons. The normalized spacial score (nSPS) is 18.1. The molecule has 0 aromatic heterocycles. The molecule has 0 saturated heterocycles. The molecule has 1 fully saturated rings. The third-order valence-electron chi connectivity index (χ3n) is 4.69. The van der Waals surface area contributed by atoms with Gasteiger partial charge in [0.15, 0.2) is 0 Å². The van der Waals surface area contributed by atoms with Crippen molar-refractivity contribution < 1.29 is 19.4 Å². The zero-order valence-electron chi connectivity index (χ0n) is 13.5. The zero-order chi connectivity index (χ0) is 15.9. The van der Waals surface area contributed by atoms with Crippen molar-refractivity contribution in [1.29, 1.82) is 0 Å². The number of carboxylic acid groups (broad SMARTS) is 1. The van der Waals surface area contributed by atoms with Crippen molar-refractivity contribution in [2.45, 2.75) is 64.4 Å². The fraction of sp³-hybridized carbons (Fsp3) is 0.875. The Kier molecular flexibility index (Phi) is 7.15. The Labute approximate surface area is 127 Å². The number of aliphatic carboxylic acids is 1. The molecular formula is C16H29NO4. The van der Waals surface area contributed by atoms with Gasteiger partial charge in [-0.3, -0.25) is 9.59 Å². The van der Waals surface area contributed by atoms with E-state index in [0.717, 1.165) is 25.7 Å². The van der Waals surface area contributed by atoms with Crippen molar-refractivity contribution in [3.63, 3.8) is 0 Å². The van der Waals surface area contributed by atoms with E-state index in [0.29, 0.717) is 31.2 Å². The highest BCUT2D eigenvalue weighted by molar-refractivity contribution is 5.77. The summed E-state index contributed by atoms with van der Waals surface area (Å²) in [6, 6.07) is 0. The first-order valence-electron chi connectivity index (χ1n) is 7.92. The van der Waals surface area contributed by atoms with Gasteiger partial charge >= 0.3 is 5.97 Å². The number of ether oxygens (including phenoxy) is 1. The van der Waals surface area contributed by atoms with Crippen LogP contribution in [0.4, 0.5) is 0 Å². The molecule has 0 aromatic rings. The lowest BCUT2D eigenvalue weighted by Crippen LogP contribution is -2.44. The van der Waals surface area contributed by atoms with Crippen LogP contribution in [0.3, 0.4) is 0 Å². The predicted molar refractivity (Wildman–Crippen MR) is 81.0 cm³/mol. The maximum absolute atomic E-state index is 11.9. The number of carbonyl (C=O) groups is 2. The Balaban J connectivity index is 2.26. The minimum atomic E-state index is -0.753. The average Bonchev–Trinajstić information content (AvgIpc) is 2.37. The van der Waals surface area contributed by atoms with Gasteiger partial charge in [0, 0.05) is 20.1 Å². The lowest BCUT2D eigenvalue weighted by atomic mass is 9.77. The molecule has 21 heavy (non-hydrogen) atoms. The number of rotatable bonds is 10. The molecule has 1 amide bonds. The Bertz CT molecular complexity index is 345. The van der Waals surface area contributed by atoms with Crippen LogP contribution in [0.2, 0.25) is 0 Å². The molecular weight excluding hydrogens is 270 g/mol. The molecule has 0 aromatic carbocycles. The molecule has 1 aliphatic carbocycles. The topological polar surface area (TPSA) is 75.6 Å². The molecule has 5 nitrogen and oxygen atoms in total. The Morgan fingerprint density at radius 3 is 2.38 bits per heavy atom. The monoisotopic (exact) mass is 299 g/mol. The molecule has 1 rings (SSSR count). The van der Waals surface area contributed by atoms with E-state index >= 15 is 0 Å². The van der Waals surface area contributed by atoms with Gasteiger partial charge in [-0.1, -0.05) is 13.8 Å². The molecule has 1 unspecified atom stereocenters. The van der Waals surface area contributed by atoms with Crippen molar-refractivity contribution in [2.75, 3.05) is 13.7 Å². The van der Waals surface area contributed by atoms with E-state index in [4.69, 9.17) is 9.84 Å². The van der Waals surface area contributed by atoms with Crippen LogP contribution in [0.15, 0.2) is 0 Å². The molecule has 0 aliphatic heterocycles. The summed E-state index contributed by atoms with van der Waals surface area (Å²) in [6.45, 7) is 4.81. The van der Waals surface area contributed by atoms with Gasteiger partial charge in [-0.25, -0.2) is 0 Å². The van der Waals surface area contributed by atoms with Crippen LogP contribution >= 0.6 is 0 Å². The fourth-order valence-electron chi connectivity index (χ4n) is 2.90. The fourth-order valence-corrected chi connectivity index (χ4v) is 2.90. The third kappa shape index (κ3) is 6.04. The van der Waals surface area contributed by atoms with Gasteiger partial charge in [0.05, 0.1) is 12.0 Å². The molecule has 0 spiro atoms. The number of hydrogen-bond donors (Lipinski definition) is 2. The van der Waals surface area contributed by atoms with Gasteiger partial charge in [0.1, 0.15) is 0 Å². The lowest BCUT2D eigenvalue weighted by molar-refractivity contribution is -0.137. The maximum Gasteiger partial charge on any atom is 0.303 e. The van der Waals surface area contributed by atoms with Crippen LogP contribution in [-0.4, -0.2) is 36.2 Å². The number of carboxylic acids is 1. The van der Waals surface area contributed by atoms with Crippen LogP contribution in [0.1, 0.15) is 58.8 Å². The summed E-state index contributed by atoms with van der Waals surface area (Å²) in [4.78, 5) is 22.6. The quantitative estimate of drug-likeness (QED) is 0.650. The van der Waals surface area contributed by atoms with Crippen LogP contribution in [0, 0.1) is 11.8 Å². The van der Waals surface area contributed by atoms with Gasteiger partial charge in [-0.15, -0.1) is 0 Å². The largest absolute Gasteiger partial charge is 0.481 e. The minimum absolute atomic E-state index is 0.0392. The zero-order valence-corrected chi connectivity index (χ0v) is 13.5. The Morgan fingerprint density at radius 2 is 1.95 bits per heavy atom. The summed E-state index contributed by atoms with van der Waals surface area (Å²) in [6.07, 6.45) is 5.19. The number of amides is 1. The summed E-state index contributed by atoms with van der Waals surface area (Å²) in [5.41, 5.74) is -0.231. The Hall–Kier alpha value is -1.10. The number of nitrogens with one attached hydrogen (secondary N) is 1. The van der Waals surface area contributed by atoms with Crippen LogP contribution in [0.5, 0.6) is 0 Å². The summed E-state index contributed by atoms with van der Waals surface area (Å²) >= 11 is 0. The van der Waals surface area contributed by atoms with Crippen molar-refractivity contribution in [1.82, 2.24) is 5.32 Å². The van der Waals surface area contributed by atoms with Crippen LogP contribution in [0.25, 0.3) is 0 Å². The second kappa shape index (κ2) is 8.37. The first-order valence-corrected chi connectivity index (χ1v) is 7.92. The third-order valence-corrected chi connectivity index (χ3v) is 4.69. The van der Waals surface area contributed by atoms with E-state index < -0.39 is 5.97 Å². The smallest absolute Gasteiger partial charge is 0.303 e. The second-order valence-electron chi connectivity index (χ2n) is 6.49. The SMILES string of the molecule is COC1(CC(=O)NCCC(CCC(=O)O)C(C)C)CCC1. The van der Waals surface area contributed by atoms with E-state index in [-0.39, 0.29) is 17.9 Å². The highest BCUT2D eigenvalue weighted by Gasteiger charge is 2.38. The van der Waals surface area contributed by atoms with Gasteiger partial charge in [-0.05, 0) is 43.9 Å². The van der Waals surface area contributed by atoms with Gasteiger partial charge in [-0.2, -0.15) is 0 Å². The molecule has 1 saturated carbocycles. The van der Waals surface area contributed by atoms with Crippen LogP contribution in [-0.2, 0) is 14.3 Å². The first kappa shape index (κ1) is 18.0. The second-order valence-corrected chi connectivity index (χ2v) is 6.49. The molecule has 1 aliphatic rings. The van der Waals surface area contributed by atoms with Crippen molar-refractivity contribution >= 4 is 11.9 Å². The number of methoxy groups -OCH3 is 1. The Morgan fingerprint density at radius 1 is 1.29 bits per heavy atom. The summed E-state index contributed by atoms with van der Waals surface area (Å²) < 4.78 is 5.45. The molecule has 5 heteroatoms. The van der Waals surface area contributed by atoms with E-state index in [1.165, 1.54) is 0 Å². The highest BCUT2D eigenvalue weighted by Crippen LogP contribution is 2.37. The standard InChI is InChI=1S/C16H29NO4/c1-12(2)13(5-6-15(19)20)7-10-17-14(18)11-16(21-3)8-4-9-16/h12-13H,4-11H2,1-3H3,(H,17,18)(H,19,20). The number of hydrogen-bond acceptors (Lipinski definition) is 3. The molecule has 0 bridgehead atoms. The molecule has 0 heterocycles. The predicted octanol–water partition coefficient (Wildman–Crippen LogP) is 2.59. The average molecular weight is 299 g/mol. The van der Waals surface area contributed by atoms with Gasteiger partial charge < -0.3 is 15.2 Å². The number of carbonyl (C=O) groups excluding carboxylic acids is 1. The maximum atomic E-state index is 11.9. The molecule has 1 atom stereocenters. The molecule has 122 valence electrons. The van der Waals surface area contributed by atoms with Crippen molar-refractivity contribution in [3.8, 4) is 0 Å². The first-order chi connectivity index (χ1) is 9.88. The van der Waals surface area contributed by atoms with E-state index in [2.05, 4.69) is 19.2 Å². The summed E-state index contributed by atoms with van der Waals surface area (Å²) in [7, 11) is 1.67. The van der Waals surface area contributed by atoms with Gasteiger partial charge in [0.25, 0.3) is 0 Å². The highest BCUT2D eigenvalue weighted by atomic mass is 16.5. The van der Waals surface area contributed by atoms with E-state index in [1.807, 2.05) is 0 Å².